The zero-order valence-corrected chi connectivity index (χ0v) is 17.3. The van der Waals surface area contributed by atoms with Gasteiger partial charge in [-0.05, 0) is 49.1 Å². The second kappa shape index (κ2) is 7.58. The number of benzene rings is 2. The molecule has 0 saturated heterocycles. The zero-order valence-electron chi connectivity index (χ0n) is 17.3. The average Bonchev–Trinajstić information content (AvgIpc) is 3.21. The van der Waals surface area contributed by atoms with Crippen LogP contribution < -0.4 is 0 Å². The van der Waals surface area contributed by atoms with E-state index >= 15 is 0 Å². The molecule has 5 rings (SSSR count). The number of rotatable bonds is 6. The smallest absolute Gasteiger partial charge is 0.338 e. The van der Waals surface area contributed by atoms with Crippen LogP contribution in [-0.2, 0) is 5.41 Å². The number of hydrogen-bond donors (Lipinski definition) is 1. The quantitative estimate of drug-likeness (QED) is 0.436. The second-order valence-electron chi connectivity index (χ2n) is 7.96. The maximum Gasteiger partial charge on any atom is 0.338 e. The molecule has 1 aliphatic rings. The molecular formula is C23H17F3N4O3. The van der Waals surface area contributed by atoms with E-state index in [0.29, 0.717) is 5.82 Å². The number of carboxylic acid groups (broad SMARTS) is 1. The molecule has 0 radical (unpaired) electrons. The number of carbonyl (C=O) groups is 1. The van der Waals surface area contributed by atoms with Crippen molar-refractivity contribution in [2.45, 2.75) is 31.6 Å². The van der Waals surface area contributed by atoms with Gasteiger partial charge >= 0.3 is 5.97 Å². The Morgan fingerprint density at radius 1 is 1.18 bits per heavy atom. The fraction of sp³-hybridized carbons (Fsp3) is 0.217. The number of alkyl halides is 2. The van der Waals surface area contributed by atoms with E-state index in [2.05, 4.69) is 15.2 Å². The fourth-order valence-electron chi connectivity index (χ4n) is 4.04. The first kappa shape index (κ1) is 20.9. The standard InChI is InChI=1S/C23H17F3N4O3/c1-12-4-2-3-5-15(12)23(8-9-23)22-27-20(33-29-22)17-11-18(19(25)26)30(28-17)13-6-7-14(21(31)32)16(24)10-13/h2-7,10-11,19H,8-9H2,1H3,(H,31,32). The number of nitrogens with zero attached hydrogens (tertiary/aromatic N) is 4. The molecule has 0 unspecified atom stereocenters. The summed E-state index contributed by atoms with van der Waals surface area (Å²) < 4.78 is 47.7. The molecule has 1 saturated carbocycles. The Balaban J connectivity index is 1.53. The number of aromatic nitrogens is 4. The van der Waals surface area contributed by atoms with E-state index in [4.69, 9.17) is 9.63 Å². The molecule has 0 spiro atoms. The summed E-state index contributed by atoms with van der Waals surface area (Å²) in [5.41, 5.74) is 0.661. The molecule has 2 aromatic heterocycles. The van der Waals surface area contributed by atoms with Gasteiger partial charge in [0, 0.05) is 6.07 Å². The third kappa shape index (κ3) is 3.47. The number of hydrogen-bond acceptors (Lipinski definition) is 5. The Kier molecular flexibility index (Phi) is 4.80. The minimum Gasteiger partial charge on any atom is -0.478 e. The van der Waals surface area contributed by atoms with Gasteiger partial charge in [-0.3, -0.25) is 0 Å². The van der Waals surface area contributed by atoms with Crippen molar-refractivity contribution in [1.29, 1.82) is 0 Å². The highest BCUT2D eigenvalue weighted by molar-refractivity contribution is 5.88. The van der Waals surface area contributed by atoms with Crippen LogP contribution in [0.3, 0.4) is 0 Å². The van der Waals surface area contributed by atoms with Gasteiger partial charge in [-0.25, -0.2) is 22.6 Å². The lowest BCUT2D eigenvalue weighted by Crippen LogP contribution is -2.12. The number of aromatic carboxylic acids is 1. The first-order valence-corrected chi connectivity index (χ1v) is 10.1. The molecule has 4 aromatic rings. The van der Waals surface area contributed by atoms with Crippen LogP contribution in [-0.4, -0.2) is 31.0 Å². The summed E-state index contributed by atoms with van der Waals surface area (Å²) in [5.74, 6) is -2.11. The Morgan fingerprint density at radius 2 is 1.94 bits per heavy atom. The van der Waals surface area contributed by atoms with Crippen molar-refractivity contribution in [3.05, 3.63) is 82.6 Å². The third-order valence-corrected chi connectivity index (χ3v) is 5.87. The minimum absolute atomic E-state index is 0.00681. The summed E-state index contributed by atoms with van der Waals surface area (Å²) >= 11 is 0. The summed E-state index contributed by atoms with van der Waals surface area (Å²) in [7, 11) is 0. The molecule has 10 heteroatoms. The highest BCUT2D eigenvalue weighted by Crippen LogP contribution is 2.53. The van der Waals surface area contributed by atoms with Crippen molar-refractivity contribution in [1.82, 2.24) is 19.9 Å². The predicted molar refractivity (Wildman–Crippen MR) is 110 cm³/mol. The Bertz CT molecular complexity index is 1380. The van der Waals surface area contributed by atoms with E-state index in [1.54, 1.807) is 0 Å². The molecule has 0 aliphatic heterocycles. The van der Waals surface area contributed by atoms with Crippen molar-refractivity contribution in [3.8, 4) is 17.3 Å². The first-order chi connectivity index (χ1) is 15.8. The van der Waals surface area contributed by atoms with Gasteiger partial charge in [0.1, 0.15) is 11.5 Å². The van der Waals surface area contributed by atoms with Gasteiger partial charge in [0.05, 0.1) is 16.7 Å². The molecule has 168 valence electrons. The molecule has 0 amide bonds. The summed E-state index contributed by atoms with van der Waals surface area (Å²) in [6.45, 7) is 2.00. The Morgan fingerprint density at radius 3 is 2.58 bits per heavy atom. The first-order valence-electron chi connectivity index (χ1n) is 10.1. The van der Waals surface area contributed by atoms with E-state index in [-0.39, 0.29) is 22.7 Å². The summed E-state index contributed by atoms with van der Waals surface area (Å²) in [6.07, 6.45) is -1.26. The highest BCUT2D eigenvalue weighted by atomic mass is 19.3. The third-order valence-electron chi connectivity index (χ3n) is 5.87. The number of carboxylic acids is 1. The summed E-state index contributed by atoms with van der Waals surface area (Å²) in [4.78, 5) is 15.5. The van der Waals surface area contributed by atoms with E-state index in [1.807, 2.05) is 31.2 Å². The van der Waals surface area contributed by atoms with Crippen LogP contribution >= 0.6 is 0 Å². The van der Waals surface area contributed by atoms with Crippen LogP contribution in [0.2, 0.25) is 0 Å². The van der Waals surface area contributed by atoms with Crippen LogP contribution in [0.4, 0.5) is 13.2 Å². The molecular weight excluding hydrogens is 437 g/mol. The van der Waals surface area contributed by atoms with Gasteiger partial charge in [-0.2, -0.15) is 10.1 Å². The monoisotopic (exact) mass is 454 g/mol. The van der Waals surface area contributed by atoms with Gasteiger partial charge < -0.3 is 9.63 Å². The molecule has 2 heterocycles. The maximum absolute atomic E-state index is 14.1. The molecule has 33 heavy (non-hydrogen) atoms. The van der Waals surface area contributed by atoms with Crippen molar-refractivity contribution in [2.75, 3.05) is 0 Å². The Hall–Kier alpha value is -3.95. The lowest BCUT2D eigenvalue weighted by molar-refractivity contribution is 0.0691. The normalized spacial score (nSPS) is 14.6. The summed E-state index contributed by atoms with van der Waals surface area (Å²) in [6, 6.07) is 12.0. The van der Waals surface area contributed by atoms with E-state index < -0.39 is 29.5 Å². The maximum atomic E-state index is 14.1. The van der Waals surface area contributed by atoms with Gasteiger partial charge in [0.15, 0.2) is 11.5 Å². The number of aryl methyl sites for hydroxylation is 1. The van der Waals surface area contributed by atoms with Gasteiger partial charge in [-0.1, -0.05) is 29.4 Å². The van der Waals surface area contributed by atoms with Crippen molar-refractivity contribution in [2.24, 2.45) is 0 Å². The van der Waals surface area contributed by atoms with Crippen molar-refractivity contribution in [3.63, 3.8) is 0 Å². The molecule has 0 atom stereocenters. The van der Waals surface area contributed by atoms with Crippen LogP contribution in [0.15, 0.2) is 53.1 Å². The molecule has 7 nitrogen and oxygen atoms in total. The van der Waals surface area contributed by atoms with Gasteiger partial charge in [0.25, 0.3) is 12.3 Å². The van der Waals surface area contributed by atoms with Crippen molar-refractivity contribution < 1.29 is 27.6 Å². The largest absolute Gasteiger partial charge is 0.478 e. The second-order valence-corrected chi connectivity index (χ2v) is 7.96. The molecule has 1 fully saturated rings. The molecule has 1 aliphatic carbocycles. The lowest BCUT2D eigenvalue weighted by Gasteiger charge is -2.13. The Labute approximate surface area is 185 Å². The van der Waals surface area contributed by atoms with Crippen LogP contribution in [0.5, 0.6) is 0 Å². The van der Waals surface area contributed by atoms with E-state index in [0.717, 1.165) is 46.8 Å². The minimum atomic E-state index is -2.93. The SMILES string of the molecule is Cc1ccccc1C1(c2noc(-c3cc(C(F)F)n(-c4ccc(C(=O)O)c(F)c4)n3)n2)CC1. The fourth-order valence-corrected chi connectivity index (χ4v) is 4.04. The average molecular weight is 454 g/mol. The van der Waals surface area contributed by atoms with E-state index in [1.165, 1.54) is 6.07 Å². The van der Waals surface area contributed by atoms with Crippen LogP contribution in [0.25, 0.3) is 17.3 Å². The number of halogens is 3. The topological polar surface area (TPSA) is 94.0 Å². The molecule has 1 N–H and O–H groups in total. The zero-order chi connectivity index (χ0) is 23.3. The summed E-state index contributed by atoms with van der Waals surface area (Å²) in [5, 5.41) is 17.2. The molecule has 0 bridgehead atoms. The van der Waals surface area contributed by atoms with Gasteiger partial charge in [-0.15, -0.1) is 0 Å². The van der Waals surface area contributed by atoms with Gasteiger partial charge in [0.2, 0.25) is 0 Å². The van der Waals surface area contributed by atoms with Crippen molar-refractivity contribution >= 4 is 5.97 Å². The van der Waals surface area contributed by atoms with Crippen LogP contribution in [0, 0.1) is 12.7 Å². The lowest BCUT2D eigenvalue weighted by atomic mass is 9.91. The van der Waals surface area contributed by atoms with E-state index in [9.17, 15) is 18.0 Å². The predicted octanol–water partition coefficient (Wildman–Crippen LogP) is 5.09. The molecule has 2 aromatic carbocycles. The van der Waals surface area contributed by atoms with Crippen LogP contribution in [0.1, 0.15) is 52.3 Å². The highest BCUT2D eigenvalue weighted by Gasteiger charge is 2.50.